The molecular weight excluding hydrogens is 260 g/mol. The van der Waals surface area contributed by atoms with Crippen molar-refractivity contribution in [2.45, 2.75) is 38.8 Å². The van der Waals surface area contributed by atoms with Crippen LogP contribution in [0.1, 0.15) is 43.6 Å². The van der Waals surface area contributed by atoms with Gasteiger partial charge in [-0.05, 0) is 5.56 Å². The van der Waals surface area contributed by atoms with Crippen LogP contribution in [0.4, 0.5) is 0 Å². The first-order valence-electron chi connectivity index (χ1n) is 7.43. The second-order valence-corrected chi connectivity index (χ2v) is 6.51. The summed E-state index contributed by atoms with van der Waals surface area (Å²) in [6.07, 6.45) is 2.08. The smallest absolute Gasteiger partial charge is 0.0726 e. The molecule has 1 aromatic carbocycles. The minimum Gasteiger partial charge on any atom is -0.329 e. The monoisotopic (exact) mass is 286 g/mol. The number of hydrogen-bond donors (Lipinski definition) is 2. The second-order valence-electron chi connectivity index (χ2n) is 6.51. The Kier molecular flexibility index (Phi) is 4.80. The van der Waals surface area contributed by atoms with Crippen molar-refractivity contribution in [3.05, 3.63) is 53.3 Å². The fourth-order valence-electron chi connectivity index (χ4n) is 2.50. The molecule has 0 spiro atoms. The fourth-order valence-corrected chi connectivity index (χ4v) is 2.50. The number of hydrogen-bond acceptors (Lipinski definition) is 3. The molecule has 2 rings (SSSR count). The van der Waals surface area contributed by atoms with E-state index in [-0.39, 0.29) is 11.5 Å². The molecule has 0 radical (unpaired) electrons. The lowest BCUT2D eigenvalue weighted by atomic mass is 9.87. The summed E-state index contributed by atoms with van der Waals surface area (Å²) in [4.78, 5) is 0. The molecule has 3 N–H and O–H groups in total. The lowest BCUT2D eigenvalue weighted by molar-refractivity contribution is 0.506. The topological polar surface area (TPSA) is 55.9 Å². The molecule has 114 valence electrons. The summed E-state index contributed by atoms with van der Waals surface area (Å²) in [5.41, 5.74) is 9.57. The molecule has 0 amide bonds. The van der Waals surface area contributed by atoms with Crippen molar-refractivity contribution < 1.29 is 0 Å². The van der Waals surface area contributed by atoms with E-state index in [1.54, 1.807) is 0 Å². The molecule has 2 aromatic rings. The van der Waals surface area contributed by atoms with Crippen LogP contribution in [0, 0.1) is 0 Å². The van der Waals surface area contributed by atoms with Crippen molar-refractivity contribution in [2.24, 2.45) is 12.8 Å². The Morgan fingerprint density at radius 3 is 2.48 bits per heavy atom. The van der Waals surface area contributed by atoms with Crippen LogP contribution in [-0.4, -0.2) is 16.3 Å². The Morgan fingerprint density at radius 1 is 1.24 bits per heavy atom. The summed E-state index contributed by atoms with van der Waals surface area (Å²) < 4.78 is 1.88. The molecule has 1 atom stereocenters. The van der Waals surface area contributed by atoms with Crippen molar-refractivity contribution in [1.82, 2.24) is 15.1 Å². The molecule has 0 bridgehead atoms. The first-order chi connectivity index (χ1) is 9.91. The number of nitrogens with one attached hydrogen (secondary N) is 1. The predicted octanol–water partition coefficient (Wildman–Crippen LogP) is 2.51. The molecule has 4 nitrogen and oxygen atoms in total. The number of rotatable bonds is 5. The summed E-state index contributed by atoms with van der Waals surface area (Å²) >= 11 is 0. The zero-order chi connectivity index (χ0) is 15.5. The molecule has 0 saturated carbocycles. The lowest BCUT2D eigenvalue weighted by Crippen LogP contribution is -2.30. The van der Waals surface area contributed by atoms with Crippen LogP contribution in [-0.2, 0) is 19.0 Å². The maximum Gasteiger partial charge on any atom is 0.0726 e. The van der Waals surface area contributed by atoms with Gasteiger partial charge in [-0.3, -0.25) is 4.68 Å². The van der Waals surface area contributed by atoms with Gasteiger partial charge in [0.15, 0.2) is 0 Å². The van der Waals surface area contributed by atoms with E-state index >= 15 is 0 Å². The van der Waals surface area contributed by atoms with Gasteiger partial charge in [-0.2, -0.15) is 5.10 Å². The van der Waals surface area contributed by atoms with Crippen LogP contribution in [0.25, 0.3) is 0 Å². The summed E-state index contributed by atoms with van der Waals surface area (Å²) in [7, 11) is 1.96. The molecular formula is C17H26N4. The third-order valence-corrected chi connectivity index (χ3v) is 3.57. The standard InChI is InChI=1S/C17H26N4/c1-17(2,3)16-14(12-21(4)20-16)15(10-18)19-11-13-8-6-5-7-9-13/h5-9,12,15,19H,10-11,18H2,1-4H3. The third-order valence-electron chi connectivity index (χ3n) is 3.57. The Morgan fingerprint density at radius 2 is 1.90 bits per heavy atom. The molecule has 1 unspecified atom stereocenters. The van der Waals surface area contributed by atoms with Crippen LogP contribution in [0.5, 0.6) is 0 Å². The van der Waals surface area contributed by atoms with Crippen molar-refractivity contribution in [3.63, 3.8) is 0 Å². The highest BCUT2D eigenvalue weighted by Gasteiger charge is 2.25. The van der Waals surface area contributed by atoms with Crippen molar-refractivity contribution in [1.29, 1.82) is 0 Å². The lowest BCUT2D eigenvalue weighted by Gasteiger charge is -2.22. The minimum absolute atomic E-state index is 0.0123. The van der Waals surface area contributed by atoms with Gasteiger partial charge >= 0.3 is 0 Å². The predicted molar refractivity (Wildman–Crippen MR) is 87.0 cm³/mol. The molecule has 0 fully saturated rings. The van der Waals surface area contributed by atoms with E-state index in [1.165, 1.54) is 11.1 Å². The zero-order valence-electron chi connectivity index (χ0n) is 13.4. The minimum atomic E-state index is 0.0123. The maximum atomic E-state index is 5.99. The molecule has 0 aliphatic carbocycles. The molecule has 1 aromatic heterocycles. The van der Waals surface area contributed by atoms with Gasteiger partial charge in [0.1, 0.15) is 0 Å². The van der Waals surface area contributed by atoms with E-state index < -0.39 is 0 Å². The molecule has 21 heavy (non-hydrogen) atoms. The van der Waals surface area contributed by atoms with Gasteiger partial charge in [-0.15, -0.1) is 0 Å². The fraction of sp³-hybridized carbons (Fsp3) is 0.471. The van der Waals surface area contributed by atoms with Gasteiger partial charge < -0.3 is 11.1 Å². The summed E-state index contributed by atoms with van der Waals surface area (Å²) in [5.74, 6) is 0. The molecule has 0 saturated heterocycles. The number of nitrogens with two attached hydrogens (primary N) is 1. The van der Waals surface area contributed by atoms with Gasteiger partial charge in [-0.1, -0.05) is 51.1 Å². The largest absolute Gasteiger partial charge is 0.329 e. The normalized spacial score (nSPS) is 13.4. The highest BCUT2D eigenvalue weighted by molar-refractivity contribution is 5.28. The van der Waals surface area contributed by atoms with Crippen LogP contribution in [0.3, 0.4) is 0 Å². The number of benzene rings is 1. The first kappa shape index (κ1) is 15.7. The third kappa shape index (κ3) is 3.93. The van der Waals surface area contributed by atoms with Gasteiger partial charge in [-0.25, -0.2) is 0 Å². The Bertz CT molecular complexity index is 566. The van der Waals surface area contributed by atoms with E-state index in [0.717, 1.165) is 12.2 Å². The number of aryl methyl sites for hydroxylation is 1. The summed E-state index contributed by atoms with van der Waals surface area (Å²) in [6, 6.07) is 10.5. The van der Waals surface area contributed by atoms with Crippen LogP contribution in [0.2, 0.25) is 0 Å². The van der Waals surface area contributed by atoms with E-state index in [2.05, 4.69) is 61.6 Å². The average molecular weight is 286 g/mol. The Hall–Kier alpha value is -1.65. The van der Waals surface area contributed by atoms with E-state index in [4.69, 9.17) is 5.73 Å². The highest BCUT2D eigenvalue weighted by Crippen LogP contribution is 2.28. The SMILES string of the molecule is Cn1cc(C(CN)NCc2ccccc2)c(C(C)(C)C)n1. The van der Waals surface area contributed by atoms with Gasteiger partial charge in [0.05, 0.1) is 5.69 Å². The van der Waals surface area contributed by atoms with E-state index in [0.29, 0.717) is 6.54 Å². The summed E-state index contributed by atoms with van der Waals surface area (Å²) in [6.45, 7) is 7.92. The van der Waals surface area contributed by atoms with Gasteiger partial charge in [0, 0.05) is 43.4 Å². The van der Waals surface area contributed by atoms with Gasteiger partial charge in [0.25, 0.3) is 0 Å². The van der Waals surface area contributed by atoms with Crippen molar-refractivity contribution in [2.75, 3.05) is 6.54 Å². The molecule has 0 aliphatic heterocycles. The average Bonchev–Trinajstić information content (AvgIpc) is 2.83. The molecule has 4 heteroatoms. The summed E-state index contributed by atoms with van der Waals surface area (Å²) in [5, 5.41) is 8.18. The van der Waals surface area contributed by atoms with Crippen molar-refractivity contribution in [3.8, 4) is 0 Å². The molecule has 1 heterocycles. The first-order valence-corrected chi connectivity index (χ1v) is 7.43. The molecule has 0 aliphatic rings. The quantitative estimate of drug-likeness (QED) is 0.888. The van der Waals surface area contributed by atoms with Crippen molar-refractivity contribution >= 4 is 0 Å². The number of aromatic nitrogens is 2. The Labute approximate surface area is 127 Å². The van der Waals surface area contributed by atoms with E-state index in [1.807, 2.05) is 17.8 Å². The van der Waals surface area contributed by atoms with Crippen LogP contribution in [0.15, 0.2) is 36.5 Å². The van der Waals surface area contributed by atoms with Gasteiger partial charge in [0.2, 0.25) is 0 Å². The maximum absolute atomic E-state index is 5.99. The Balaban J connectivity index is 2.18. The number of nitrogens with zero attached hydrogens (tertiary/aromatic N) is 2. The van der Waals surface area contributed by atoms with Crippen LogP contribution < -0.4 is 11.1 Å². The zero-order valence-corrected chi connectivity index (χ0v) is 13.4. The second kappa shape index (κ2) is 6.41. The van der Waals surface area contributed by atoms with Crippen LogP contribution >= 0.6 is 0 Å². The van der Waals surface area contributed by atoms with E-state index in [9.17, 15) is 0 Å². The highest BCUT2D eigenvalue weighted by atomic mass is 15.3.